The van der Waals surface area contributed by atoms with Crippen molar-refractivity contribution in [2.75, 3.05) is 31.1 Å². The maximum absolute atomic E-state index is 10.7. The Morgan fingerprint density at radius 1 is 1.22 bits per heavy atom. The molecule has 1 saturated heterocycles. The van der Waals surface area contributed by atoms with Gasteiger partial charge in [-0.05, 0) is 24.4 Å². The zero-order valence-corrected chi connectivity index (χ0v) is 13.8. The van der Waals surface area contributed by atoms with E-state index in [4.69, 9.17) is 12.2 Å². The Kier molecular flexibility index (Phi) is 4.44. The van der Waals surface area contributed by atoms with Crippen molar-refractivity contribution in [1.29, 1.82) is 0 Å². The number of hydrogen-bond acceptors (Lipinski definition) is 4. The largest absolute Gasteiger partial charge is 0.360 e. The SMILES string of the molecule is Cn1ccn(C[NH+]2CCN(c3ccc([N+](=O)[O-])cc3)CC2)c1=S. The summed E-state index contributed by atoms with van der Waals surface area (Å²) in [6.07, 6.45) is 4.01. The van der Waals surface area contributed by atoms with Crippen LogP contribution in [0.4, 0.5) is 11.4 Å². The molecule has 0 unspecified atom stereocenters. The Hall–Kier alpha value is -2.19. The molecule has 2 heterocycles. The number of non-ortho nitro benzene ring substituents is 1. The maximum Gasteiger partial charge on any atom is 0.269 e. The van der Waals surface area contributed by atoms with Crippen molar-refractivity contribution in [2.45, 2.75) is 6.67 Å². The number of aryl methyl sites for hydroxylation is 1. The number of benzene rings is 1. The first kappa shape index (κ1) is 15.7. The number of aromatic nitrogens is 2. The van der Waals surface area contributed by atoms with Gasteiger partial charge in [-0.2, -0.15) is 0 Å². The third-order valence-electron chi connectivity index (χ3n) is 4.31. The van der Waals surface area contributed by atoms with Crippen molar-refractivity contribution < 1.29 is 9.82 Å². The highest BCUT2D eigenvalue weighted by molar-refractivity contribution is 7.71. The summed E-state index contributed by atoms with van der Waals surface area (Å²) in [7, 11) is 1.96. The first-order chi connectivity index (χ1) is 11.0. The number of imidazole rings is 1. The lowest BCUT2D eigenvalue weighted by Crippen LogP contribution is -3.14. The fraction of sp³-hybridized carbons (Fsp3) is 0.400. The van der Waals surface area contributed by atoms with Crippen LogP contribution in [-0.4, -0.2) is 40.2 Å². The molecule has 1 fully saturated rings. The van der Waals surface area contributed by atoms with Gasteiger partial charge in [0.2, 0.25) is 0 Å². The molecule has 0 aliphatic carbocycles. The predicted octanol–water partition coefficient (Wildman–Crippen LogP) is 0.827. The molecule has 0 saturated carbocycles. The minimum Gasteiger partial charge on any atom is -0.360 e. The molecule has 1 aliphatic rings. The fourth-order valence-corrected chi connectivity index (χ4v) is 3.08. The van der Waals surface area contributed by atoms with Crippen LogP contribution in [0.5, 0.6) is 0 Å². The minimum atomic E-state index is -0.366. The number of nitrogens with zero attached hydrogens (tertiary/aromatic N) is 4. The molecule has 122 valence electrons. The normalized spacial score (nSPS) is 15.8. The van der Waals surface area contributed by atoms with Gasteiger partial charge < -0.3 is 14.4 Å². The molecule has 23 heavy (non-hydrogen) atoms. The average Bonchev–Trinajstić information content (AvgIpc) is 2.88. The van der Waals surface area contributed by atoms with Crippen LogP contribution in [-0.2, 0) is 13.7 Å². The Morgan fingerprint density at radius 3 is 2.39 bits per heavy atom. The molecule has 1 N–H and O–H groups in total. The molecule has 1 aliphatic heterocycles. The van der Waals surface area contributed by atoms with Crippen LogP contribution in [0.25, 0.3) is 0 Å². The molecule has 1 aromatic carbocycles. The second-order valence-corrected chi connectivity index (χ2v) is 6.20. The monoisotopic (exact) mass is 334 g/mol. The molecule has 2 aromatic rings. The summed E-state index contributed by atoms with van der Waals surface area (Å²) in [5.74, 6) is 0. The van der Waals surface area contributed by atoms with Gasteiger partial charge >= 0.3 is 0 Å². The van der Waals surface area contributed by atoms with Gasteiger partial charge in [-0.15, -0.1) is 0 Å². The zero-order chi connectivity index (χ0) is 16.4. The summed E-state index contributed by atoms with van der Waals surface area (Å²) in [5, 5.41) is 10.7. The highest BCUT2D eigenvalue weighted by Gasteiger charge is 2.21. The van der Waals surface area contributed by atoms with Gasteiger partial charge in [0.25, 0.3) is 5.69 Å². The Morgan fingerprint density at radius 2 is 1.87 bits per heavy atom. The Balaban J connectivity index is 1.58. The molecular formula is C15H20N5O2S+. The molecular weight excluding hydrogens is 314 g/mol. The summed E-state index contributed by atoms with van der Waals surface area (Å²) >= 11 is 5.38. The number of hydrogen-bond donors (Lipinski definition) is 1. The third kappa shape index (κ3) is 3.43. The highest BCUT2D eigenvalue weighted by atomic mass is 32.1. The van der Waals surface area contributed by atoms with E-state index in [0.29, 0.717) is 0 Å². The lowest BCUT2D eigenvalue weighted by Gasteiger charge is -2.33. The van der Waals surface area contributed by atoms with E-state index in [1.54, 1.807) is 12.1 Å². The van der Waals surface area contributed by atoms with Gasteiger partial charge in [0.05, 0.1) is 31.1 Å². The molecule has 1 aromatic heterocycles. The summed E-state index contributed by atoms with van der Waals surface area (Å²) in [4.78, 5) is 14.1. The predicted molar refractivity (Wildman–Crippen MR) is 90.2 cm³/mol. The number of nitro benzene ring substituents is 1. The molecule has 0 radical (unpaired) electrons. The van der Waals surface area contributed by atoms with Gasteiger partial charge in [-0.1, -0.05) is 0 Å². The average molecular weight is 334 g/mol. The molecule has 0 spiro atoms. The lowest BCUT2D eigenvalue weighted by atomic mass is 10.2. The van der Waals surface area contributed by atoms with E-state index in [9.17, 15) is 10.1 Å². The van der Waals surface area contributed by atoms with Crippen LogP contribution in [0.2, 0.25) is 0 Å². The first-order valence-electron chi connectivity index (χ1n) is 7.59. The molecule has 0 amide bonds. The number of nitrogens with one attached hydrogen (secondary N) is 1. The van der Waals surface area contributed by atoms with Crippen molar-refractivity contribution in [3.05, 3.63) is 51.5 Å². The van der Waals surface area contributed by atoms with Crippen LogP contribution < -0.4 is 9.80 Å². The minimum absolute atomic E-state index is 0.136. The van der Waals surface area contributed by atoms with Crippen LogP contribution in [0.1, 0.15) is 0 Å². The van der Waals surface area contributed by atoms with Gasteiger partial charge in [0.15, 0.2) is 11.4 Å². The van der Waals surface area contributed by atoms with Crippen molar-refractivity contribution in [2.24, 2.45) is 7.05 Å². The number of rotatable bonds is 4. The van der Waals surface area contributed by atoms with E-state index in [1.165, 1.54) is 4.90 Å². The second-order valence-electron chi connectivity index (χ2n) is 5.83. The molecule has 3 rings (SSSR count). The van der Waals surface area contributed by atoms with E-state index < -0.39 is 0 Å². The number of piperazine rings is 1. The van der Waals surface area contributed by atoms with Gasteiger partial charge in [-0.3, -0.25) is 14.7 Å². The van der Waals surface area contributed by atoms with E-state index in [2.05, 4.69) is 9.47 Å². The second kappa shape index (κ2) is 6.51. The maximum atomic E-state index is 10.7. The van der Waals surface area contributed by atoms with Gasteiger partial charge in [-0.25, -0.2) is 0 Å². The molecule has 8 heteroatoms. The quantitative estimate of drug-likeness (QED) is 0.511. The van der Waals surface area contributed by atoms with Crippen molar-refractivity contribution in [3.63, 3.8) is 0 Å². The molecule has 0 bridgehead atoms. The summed E-state index contributed by atoms with van der Waals surface area (Å²) in [6.45, 7) is 4.80. The zero-order valence-electron chi connectivity index (χ0n) is 13.0. The fourth-order valence-electron chi connectivity index (χ4n) is 2.90. The molecule has 7 nitrogen and oxygen atoms in total. The van der Waals surface area contributed by atoms with Crippen LogP contribution >= 0.6 is 12.2 Å². The first-order valence-corrected chi connectivity index (χ1v) is 8.00. The van der Waals surface area contributed by atoms with Crippen LogP contribution in [0, 0.1) is 14.9 Å². The van der Waals surface area contributed by atoms with E-state index in [1.807, 2.05) is 36.1 Å². The lowest BCUT2D eigenvalue weighted by molar-refractivity contribution is -0.923. The van der Waals surface area contributed by atoms with Crippen molar-refractivity contribution in [3.8, 4) is 0 Å². The number of anilines is 1. The van der Waals surface area contributed by atoms with Gasteiger partial charge in [0, 0.05) is 37.3 Å². The van der Waals surface area contributed by atoms with Crippen LogP contribution in [0.15, 0.2) is 36.7 Å². The highest BCUT2D eigenvalue weighted by Crippen LogP contribution is 2.19. The number of nitro groups is 1. The Labute approximate surface area is 139 Å². The smallest absolute Gasteiger partial charge is 0.269 e. The van der Waals surface area contributed by atoms with Crippen molar-refractivity contribution >= 4 is 23.6 Å². The van der Waals surface area contributed by atoms with Gasteiger partial charge in [0.1, 0.15) is 0 Å². The van der Waals surface area contributed by atoms with E-state index in [-0.39, 0.29) is 10.6 Å². The summed E-state index contributed by atoms with van der Waals surface area (Å²) < 4.78 is 4.89. The molecule has 0 atom stereocenters. The summed E-state index contributed by atoms with van der Waals surface area (Å²) in [5.41, 5.74) is 1.18. The van der Waals surface area contributed by atoms with Crippen LogP contribution in [0.3, 0.4) is 0 Å². The van der Waals surface area contributed by atoms with E-state index in [0.717, 1.165) is 43.3 Å². The third-order valence-corrected chi connectivity index (χ3v) is 4.83. The van der Waals surface area contributed by atoms with Crippen molar-refractivity contribution in [1.82, 2.24) is 9.13 Å². The number of quaternary nitrogens is 1. The summed E-state index contributed by atoms with van der Waals surface area (Å²) in [6, 6.07) is 6.79. The topological polar surface area (TPSA) is 60.7 Å². The Bertz CT molecular complexity index is 744. The van der Waals surface area contributed by atoms with E-state index >= 15 is 0 Å². The standard InChI is InChI=1S/C15H19N5O2S/c1-16-6-9-19(15(16)23)12-17-7-10-18(11-8-17)13-2-4-14(5-3-13)20(21)22/h2-6,9H,7-8,10-12H2,1H3/p+1.